The van der Waals surface area contributed by atoms with Gasteiger partial charge < -0.3 is 20.3 Å². The normalized spacial score (nSPS) is 29.3. The molecule has 0 spiro atoms. The first kappa shape index (κ1) is 20.5. The Kier molecular flexibility index (Phi) is 5.49. The minimum absolute atomic E-state index is 0.178. The van der Waals surface area contributed by atoms with Crippen molar-refractivity contribution in [2.24, 2.45) is 5.92 Å². The van der Waals surface area contributed by atoms with Gasteiger partial charge in [-0.2, -0.15) is 0 Å². The first-order valence-electron chi connectivity index (χ1n) is 11.6. The lowest BCUT2D eigenvalue weighted by Crippen LogP contribution is -2.49. The van der Waals surface area contributed by atoms with Gasteiger partial charge in [0.05, 0.1) is 7.11 Å². The zero-order valence-electron chi connectivity index (χ0n) is 18.7. The number of amides is 1. The van der Waals surface area contributed by atoms with Crippen LogP contribution < -0.4 is 20.3 Å². The second-order valence-electron chi connectivity index (χ2n) is 9.29. The Hall–Kier alpha value is -2.37. The minimum atomic E-state index is 0.178. The van der Waals surface area contributed by atoms with Crippen LogP contribution in [-0.2, 0) is 11.3 Å². The van der Waals surface area contributed by atoms with Crippen molar-refractivity contribution < 1.29 is 9.53 Å². The average molecular weight is 420 g/mol. The summed E-state index contributed by atoms with van der Waals surface area (Å²) < 4.78 is 5.77. The van der Waals surface area contributed by atoms with Gasteiger partial charge in [0.1, 0.15) is 5.75 Å². The largest absolute Gasteiger partial charge is 0.496 e. The van der Waals surface area contributed by atoms with Gasteiger partial charge in [0.15, 0.2) is 0 Å². The summed E-state index contributed by atoms with van der Waals surface area (Å²) >= 11 is 0. The van der Waals surface area contributed by atoms with E-state index in [2.05, 4.69) is 60.0 Å². The van der Waals surface area contributed by atoms with E-state index in [1.807, 2.05) is 11.9 Å². The van der Waals surface area contributed by atoms with Crippen molar-refractivity contribution in [3.8, 4) is 5.75 Å². The Morgan fingerprint density at radius 1 is 1.16 bits per heavy atom. The van der Waals surface area contributed by atoms with Gasteiger partial charge >= 0.3 is 0 Å². The smallest absolute Gasteiger partial charge is 0.230 e. The number of ether oxygens (including phenoxy) is 1. The van der Waals surface area contributed by atoms with E-state index in [1.54, 1.807) is 7.11 Å². The quantitative estimate of drug-likeness (QED) is 0.739. The zero-order valence-corrected chi connectivity index (χ0v) is 18.7. The molecule has 2 aromatic carbocycles. The van der Waals surface area contributed by atoms with E-state index in [1.165, 1.54) is 17.5 Å². The molecule has 1 saturated heterocycles. The molecule has 1 amide bonds. The molecule has 2 fully saturated rings. The number of benzene rings is 2. The van der Waals surface area contributed by atoms with Crippen LogP contribution in [-0.4, -0.2) is 32.1 Å². The Bertz CT molecular complexity index is 961. The number of fused-ring (bicyclic) bond motifs is 3. The predicted molar refractivity (Wildman–Crippen MR) is 124 cm³/mol. The maximum absolute atomic E-state index is 12.5. The first-order valence-corrected chi connectivity index (χ1v) is 11.6. The SMILES string of the molecule is CCC1CCC(NCc2cc3c(cc2OC)C2C[C@H]2C(=O)N3C)C(c2ccccc2)N1. The van der Waals surface area contributed by atoms with Crippen LogP contribution in [0.15, 0.2) is 42.5 Å². The molecule has 1 aliphatic carbocycles. The Morgan fingerprint density at radius 3 is 2.71 bits per heavy atom. The van der Waals surface area contributed by atoms with Crippen LogP contribution in [0.4, 0.5) is 5.69 Å². The summed E-state index contributed by atoms with van der Waals surface area (Å²) in [6.07, 6.45) is 4.44. The lowest BCUT2D eigenvalue weighted by Gasteiger charge is -2.38. The summed E-state index contributed by atoms with van der Waals surface area (Å²) in [4.78, 5) is 14.4. The van der Waals surface area contributed by atoms with Gasteiger partial charge in [-0.25, -0.2) is 0 Å². The van der Waals surface area contributed by atoms with Crippen LogP contribution in [0, 0.1) is 5.92 Å². The van der Waals surface area contributed by atoms with Crippen LogP contribution in [0.1, 0.15) is 61.3 Å². The highest BCUT2D eigenvalue weighted by Crippen LogP contribution is 2.56. The third-order valence-corrected chi connectivity index (χ3v) is 7.48. The van der Waals surface area contributed by atoms with E-state index < -0.39 is 0 Å². The van der Waals surface area contributed by atoms with E-state index in [0.29, 0.717) is 24.0 Å². The van der Waals surface area contributed by atoms with Crippen LogP contribution >= 0.6 is 0 Å². The van der Waals surface area contributed by atoms with Gasteiger partial charge in [0, 0.05) is 48.9 Å². The third kappa shape index (κ3) is 3.74. The van der Waals surface area contributed by atoms with Crippen LogP contribution in [0.25, 0.3) is 0 Å². The molecule has 31 heavy (non-hydrogen) atoms. The van der Waals surface area contributed by atoms with Crippen molar-refractivity contribution in [3.05, 3.63) is 59.2 Å². The molecule has 1 saturated carbocycles. The lowest BCUT2D eigenvalue weighted by atomic mass is 9.88. The molecule has 164 valence electrons. The second kappa shape index (κ2) is 8.29. The monoisotopic (exact) mass is 419 g/mol. The van der Waals surface area contributed by atoms with Crippen molar-refractivity contribution in [3.63, 3.8) is 0 Å². The van der Waals surface area contributed by atoms with Gasteiger partial charge in [-0.1, -0.05) is 37.3 Å². The molecule has 5 nitrogen and oxygen atoms in total. The molecule has 2 heterocycles. The fourth-order valence-electron chi connectivity index (χ4n) is 5.49. The van der Waals surface area contributed by atoms with Gasteiger partial charge in [-0.3, -0.25) is 4.79 Å². The highest BCUT2D eigenvalue weighted by molar-refractivity contribution is 6.01. The molecule has 2 aliphatic heterocycles. The zero-order chi connectivity index (χ0) is 21.5. The summed E-state index contributed by atoms with van der Waals surface area (Å²) in [6.45, 7) is 2.98. The van der Waals surface area contributed by atoms with E-state index in [9.17, 15) is 4.79 Å². The highest BCUT2D eigenvalue weighted by atomic mass is 16.5. The van der Waals surface area contributed by atoms with Crippen LogP contribution in [0.3, 0.4) is 0 Å². The average Bonchev–Trinajstić information content (AvgIpc) is 3.62. The van der Waals surface area contributed by atoms with Gasteiger partial charge in [0.25, 0.3) is 0 Å². The number of piperidine rings is 1. The number of nitrogens with zero attached hydrogens (tertiary/aromatic N) is 1. The Labute approximate surface area is 185 Å². The Morgan fingerprint density at radius 2 is 1.97 bits per heavy atom. The van der Waals surface area contributed by atoms with Gasteiger partial charge in [0.2, 0.25) is 5.91 Å². The summed E-state index contributed by atoms with van der Waals surface area (Å²) in [6, 6.07) is 16.3. The van der Waals surface area contributed by atoms with E-state index >= 15 is 0 Å². The van der Waals surface area contributed by atoms with Gasteiger partial charge in [-0.05, 0) is 54.9 Å². The van der Waals surface area contributed by atoms with Crippen molar-refractivity contribution in [1.29, 1.82) is 0 Å². The summed E-state index contributed by atoms with van der Waals surface area (Å²) in [5.74, 6) is 1.74. The van der Waals surface area contributed by atoms with Crippen LogP contribution in [0.2, 0.25) is 0 Å². The first-order chi connectivity index (χ1) is 15.1. The fraction of sp³-hybridized carbons (Fsp3) is 0.500. The van der Waals surface area contributed by atoms with E-state index in [4.69, 9.17) is 4.74 Å². The number of carbonyl (C=O) groups is 1. The fourth-order valence-corrected chi connectivity index (χ4v) is 5.49. The molecule has 0 aromatic heterocycles. The minimum Gasteiger partial charge on any atom is -0.496 e. The number of carbonyl (C=O) groups excluding carboxylic acids is 1. The molecule has 2 aromatic rings. The maximum Gasteiger partial charge on any atom is 0.230 e. The molecule has 0 bridgehead atoms. The topological polar surface area (TPSA) is 53.6 Å². The van der Waals surface area contributed by atoms with Crippen molar-refractivity contribution in [1.82, 2.24) is 10.6 Å². The number of hydrogen-bond donors (Lipinski definition) is 2. The summed E-state index contributed by atoms with van der Waals surface area (Å²) in [5, 5.41) is 7.68. The number of methoxy groups -OCH3 is 1. The molecule has 3 aliphatic rings. The van der Waals surface area contributed by atoms with Crippen LogP contribution in [0.5, 0.6) is 5.75 Å². The number of hydrogen-bond acceptors (Lipinski definition) is 4. The molecule has 5 atom stereocenters. The van der Waals surface area contributed by atoms with E-state index in [0.717, 1.165) is 42.8 Å². The van der Waals surface area contributed by atoms with E-state index in [-0.39, 0.29) is 11.8 Å². The predicted octanol–water partition coefficient (Wildman–Crippen LogP) is 4.14. The molecular weight excluding hydrogens is 386 g/mol. The molecule has 2 N–H and O–H groups in total. The molecule has 0 radical (unpaired) electrons. The van der Waals surface area contributed by atoms with Gasteiger partial charge in [-0.15, -0.1) is 0 Å². The molecule has 4 unspecified atom stereocenters. The van der Waals surface area contributed by atoms with Crippen molar-refractivity contribution in [2.45, 2.75) is 63.2 Å². The summed E-state index contributed by atoms with van der Waals surface area (Å²) in [5.41, 5.74) is 4.76. The third-order valence-electron chi connectivity index (χ3n) is 7.48. The Balaban J connectivity index is 1.38. The number of anilines is 1. The molecule has 5 heteroatoms. The number of rotatable bonds is 6. The maximum atomic E-state index is 12.5. The summed E-state index contributed by atoms with van der Waals surface area (Å²) in [7, 11) is 3.65. The molecule has 5 rings (SSSR count). The second-order valence-corrected chi connectivity index (χ2v) is 9.29. The standard InChI is InChI=1S/C26H33N3O2/c1-4-18-10-11-22(25(28-18)16-8-6-5-7-9-16)27-15-17-12-23-20(14-24(17)31-3)19-13-21(19)26(30)29(23)2/h5-9,12,14,18-19,21-22,25,27-28H,4,10-11,13,15H2,1-3H3/t18?,19?,21-,22?,25?/m1/s1. The van der Waals surface area contributed by atoms with Crippen molar-refractivity contribution >= 4 is 11.6 Å². The van der Waals surface area contributed by atoms with Crippen molar-refractivity contribution in [2.75, 3.05) is 19.1 Å². The highest BCUT2D eigenvalue weighted by Gasteiger charge is 2.50. The number of nitrogens with one attached hydrogen (secondary N) is 2. The molecular formula is C26H33N3O2. The lowest BCUT2D eigenvalue weighted by molar-refractivity contribution is -0.119.